The maximum Gasteiger partial charge on any atom is 0.752 e. The first-order valence-electron chi connectivity index (χ1n) is 23.1. The third kappa shape index (κ3) is 15.0. The summed E-state index contributed by atoms with van der Waals surface area (Å²) in [6.07, 6.45) is -0.621. The minimum Gasteiger partial charge on any atom is -0.450 e. The zero-order valence-electron chi connectivity index (χ0n) is 40.3. The van der Waals surface area contributed by atoms with Crippen molar-refractivity contribution in [1.82, 2.24) is 10.6 Å². The van der Waals surface area contributed by atoms with Crippen LogP contribution in [0.4, 0.5) is 4.79 Å². The lowest BCUT2D eigenvalue weighted by Crippen LogP contribution is -2.62. The summed E-state index contributed by atoms with van der Waals surface area (Å²) in [6, 6.07) is 41.9. The fourth-order valence-corrected chi connectivity index (χ4v) is 11.1. The quantitative estimate of drug-likeness (QED) is 0.0775. The Bertz CT molecular complexity index is 2360. The van der Waals surface area contributed by atoms with E-state index >= 15 is 0 Å². The molecule has 3 atom stereocenters. The summed E-state index contributed by atoms with van der Waals surface area (Å²) in [7, 11) is -4.34. The maximum absolute atomic E-state index is 14.8. The van der Waals surface area contributed by atoms with Crippen molar-refractivity contribution in [2.24, 2.45) is 5.92 Å². The van der Waals surface area contributed by atoms with Crippen LogP contribution in [0.5, 0.6) is 0 Å². The number of hydrogen-bond acceptors (Lipinski definition) is 9. The normalized spacial score (nSPS) is 14.2. The number of amides is 2. The maximum atomic E-state index is 14.8. The molecule has 0 spiro atoms. The first-order chi connectivity index (χ1) is 31.7. The van der Waals surface area contributed by atoms with Gasteiger partial charge in [-0.2, -0.15) is 0 Å². The van der Waals surface area contributed by atoms with Crippen LogP contribution in [0, 0.1) is 5.92 Å². The van der Waals surface area contributed by atoms with Gasteiger partial charge < -0.3 is 33.1 Å². The van der Waals surface area contributed by atoms with Gasteiger partial charge in [-0.25, -0.2) is 4.79 Å². The molecule has 0 bridgehead atoms. The minimum atomic E-state index is -4.34. The number of carbonyl (C=O) groups is 4. The number of ether oxygens (including phenoxy) is 1. The predicted octanol–water partition coefficient (Wildman–Crippen LogP) is 10.1. The molecule has 1 aliphatic rings. The fraction of sp³-hybridized carbons (Fsp3) is 0.382. The van der Waals surface area contributed by atoms with Crippen molar-refractivity contribution in [1.29, 1.82) is 0 Å². The molecule has 5 aromatic rings. The molecule has 0 heterocycles. The van der Waals surface area contributed by atoms with Crippen LogP contribution in [-0.4, -0.2) is 68.3 Å². The summed E-state index contributed by atoms with van der Waals surface area (Å²) in [5.74, 6) is -2.88. The van der Waals surface area contributed by atoms with Crippen LogP contribution in [0.3, 0.4) is 0 Å². The van der Waals surface area contributed by atoms with E-state index in [1.165, 1.54) is 0 Å². The van der Waals surface area contributed by atoms with Gasteiger partial charge in [0.15, 0.2) is 5.78 Å². The molecule has 2 N–H and O–H groups in total. The van der Waals surface area contributed by atoms with E-state index in [2.05, 4.69) is 22.8 Å². The molecule has 2 amide bonds. The summed E-state index contributed by atoms with van der Waals surface area (Å²) in [5.41, 5.74) is 4.15. The van der Waals surface area contributed by atoms with Crippen molar-refractivity contribution in [3.05, 3.63) is 167 Å². The van der Waals surface area contributed by atoms with Crippen LogP contribution < -0.4 is 10.6 Å². The zero-order valence-corrected chi connectivity index (χ0v) is 41.3. The molecule has 0 saturated heterocycles. The van der Waals surface area contributed by atoms with Crippen LogP contribution in [0.25, 0.3) is 11.1 Å². The Kier molecular flexibility index (Phi) is 16.4. The number of carbonyl (C=O) groups excluding carboxylic acids is 4. The molecule has 0 aromatic heterocycles. The van der Waals surface area contributed by atoms with Crippen molar-refractivity contribution in [3.8, 4) is 11.1 Å². The van der Waals surface area contributed by atoms with Gasteiger partial charge in [-0.15, -0.1) is 0 Å². The number of ketones is 1. The average Bonchev–Trinajstić information content (AvgIpc) is 3.57. The van der Waals surface area contributed by atoms with Crippen molar-refractivity contribution in [2.75, 3.05) is 6.61 Å². The van der Waals surface area contributed by atoms with Gasteiger partial charge in [-0.05, 0) is 114 Å². The van der Waals surface area contributed by atoms with Crippen molar-refractivity contribution < 1.29 is 41.6 Å². The summed E-state index contributed by atoms with van der Waals surface area (Å²) in [4.78, 5) is 58.0. The van der Waals surface area contributed by atoms with Gasteiger partial charge in [0.25, 0.3) is 0 Å². The first-order valence-corrected chi connectivity index (χ1v) is 24.7. The van der Waals surface area contributed by atoms with Gasteiger partial charge in [0, 0.05) is 24.7 Å². The number of Topliss-reactive ketones (excluding diaryl/α,β-unsaturated/α-hetero) is 1. The van der Waals surface area contributed by atoms with E-state index in [-0.39, 0.29) is 44.0 Å². The Morgan fingerprint density at radius 2 is 0.925 bits per heavy atom. The molecular weight excluding hydrogens is 861 g/mol. The molecule has 67 heavy (non-hydrogen) atoms. The van der Waals surface area contributed by atoms with E-state index in [0.29, 0.717) is 0 Å². The fourth-order valence-electron chi connectivity index (χ4n) is 8.20. The highest BCUT2D eigenvalue weighted by Gasteiger charge is 2.58. The molecule has 12 heteroatoms. The van der Waals surface area contributed by atoms with Crippen LogP contribution in [0.1, 0.15) is 102 Å². The number of fused-ring (bicyclic) bond motifs is 3. The third-order valence-corrected chi connectivity index (χ3v) is 13.9. The van der Waals surface area contributed by atoms with Gasteiger partial charge in [0.05, 0.1) is 22.8 Å². The lowest BCUT2D eigenvalue weighted by molar-refractivity contribution is -0.164. The van der Waals surface area contributed by atoms with Gasteiger partial charge in [0.1, 0.15) is 12.6 Å². The lowest BCUT2D eigenvalue weighted by Gasteiger charge is -2.40. The number of hydrogen-bond donors (Lipinski definition) is 2. The SMILES string of the molecule is CC(C)(C)O[Si](OC(=O)[C@H](Cc1ccccc1)NC(=O)[C@@H](CC(=O)[C@H](Cc1ccccc1)NC(=O)OCC1c2ccccc2-c2ccccc21)Cc1ccccc1)(OC(C)(C)C)OC(C)(C)C. The number of rotatable bonds is 19. The zero-order chi connectivity index (χ0) is 48.4. The van der Waals surface area contributed by atoms with Crippen molar-refractivity contribution in [3.63, 3.8) is 0 Å². The minimum absolute atomic E-state index is 0.0580. The molecule has 0 unspecified atom stereocenters. The van der Waals surface area contributed by atoms with Gasteiger partial charge >= 0.3 is 21.1 Å². The van der Waals surface area contributed by atoms with E-state index in [9.17, 15) is 19.2 Å². The largest absolute Gasteiger partial charge is 0.752 e. The third-order valence-electron chi connectivity index (χ3n) is 10.9. The standard InChI is InChI=1S/C55H66N2O9Si/c1-53(2,3)64-67(65-54(4,5)6,66-55(7,8)9)63-51(60)48(35-40-27-17-12-18-28-40)56-50(59)41(33-38-23-13-10-14-24-38)36-49(58)47(34-39-25-15-11-16-26-39)57-52(61)62-37-46-44-31-21-19-29-42(44)43-30-20-22-32-45(43)46/h10-32,41,46-48H,33-37H2,1-9H3,(H,56,59)(H,57,61)/t41-,47+,48+/m1/s1. The monoisotopic (exact) mass is 926 g/mol. The van der Waals surface area contributed by atoms with Crippen molar-refractivity contribution >= 4 is 32.8 Å². The lowest BCUT2D eigenvalue weighted by atomic mass is 9.89. The summed E-state index contributed by atoms with van der Waals surface area (Å²) < 4.78 is 31.6. The average molecular weight is 927 g/mol. The molecule has 0 fully saturated rings. The van der Waals surface area contributed by atoms with Crippen LogP contribution in [0.2, 0.25) is 0 Å². The smallest absolute Gasteiger partial charge is 0.450 e. The highest BCUT2D eigenvalue weighted by atomic mass is 28.4. The van der Waals surface area contributed by atoms with Crippen LogP contribution in [0.15, 0.2) is 140 Å². The second kappa shape index (κ2) is 21.8. The number of alkyl carbamates (subject to hydrolysis) is 1. The number of nitrogens with one attached hydrogen (secondary N) is 2. The summed E-state index contributed by atoms with van der Waals surface area (Å²) in [6.45, 7) is 16.5. The number of benzene rings is 5. The van der Waals surface area contributed by atoms with E-state index in [0.717, 1.165) is 38.9 Å². The molecule has 5 aromatic carbocycles. The molecule has 354 valence electrons. The van der Waals surface area contributed by atoms with Gasteiger partial charge in [-0.1, -0.05) is 140 Å². The van der Waals surface area contributed by atoms with E-state index < -0.39 is 61.8 Å². The molecular formula is C55H66N2O9Si. The topological polar surface area (TPSA) is 138 Å². The Morgan fingerprint density at radius 1 is 0.522 bits per heavy atom. The Morgan fingerprint density at radius 3 is 1.37 bits per heavy atom. The van der Waals surface area contributed by atoms with Crippen LogP contribution >= 0.6 is 0 Å². The predicted molar refractivity (Wildman–Crippen MR) is 262 cm³/mol. The first kappa shape index (κ1) is 50.5. The van der Waals surface area contributed by atoms with E-state index in [1.54, 1.807) is 0 Å². The molecule has 1 aliphatic carbocycles. The molecule has 11 nitrogen and oxygen atoms in total. The Balaban J connectivity index is 1.27. The summed E-state index contributed by atoms with van der Waals surface area (Å²) in [5, 5.41) is 5.84. The molecule has 0 saturated carbocycles. The molecule has 0 radical (unpaired) electrons. The highest BCUT2D eigenvalue weighted by molar-refractivity contribution is 6.56. The highest BCUT2D eigenvalue weighted by Crippen LogP contribution is 2.44. The van der Waals surface area contributed by atoms with Gasteiger partial charge in [0.2, 0.25) is 5.91 Å². The Labute approximate surface area is 397 Å². The summed E-state index contributed by atoms with van der Waals surface area (Å²) >= 11 is 0. The van der Waals surface area contributed by atoms with Crippen molar-refractivity contribution in [2.45, 2.75) is 123 Å². The van der Waals surface area contributed by atoms with Crippen LogP contribution in [-0.2, 0) is 56.1 Å². The Hall–Kier alpha value is -5.92. The van der Waals surface area contributed by atoms with E-state index in [4.69, 9.17) is 22.4 Å². The van der Waals surface area contributed by atoms with Gasteiger partial charge in [-0.3, -0.25) is 14.4 Å². The van der Waals surface area contributed by atoms with E-state index in [1.807, 2.05) is 190 Å². The second-order valence-electron chi connectivity index (χ2n) is 20.1. The molecule has 0 aliphatic heterocycles. The second-order valence-corrected chi connectivity index (χ2v) is 21.9. The molecule has 6 rings (SSSR count).